The van der Waals surface area contributed by atoms with Crippen LogP contribution in [0.25, 0.3) is 0 Å². The molecule has 140 valence electrons. The molecule has 1 aliphatic carbocycles. The Kier molecular flexibility index (Phi) is 6.02. The van der Waals surface area contributed by atoms with Gasteiger partial charge in [0.25, 0.3) is 6.43 Å². The van der Waals surface area contributed by atoms with Gasteiger partial charge in [0, 0.05) is 25.2 Å². The minimum Gasteiger partial charge on any atom is -0.355 e. The predicted octanol–water partition coefficient (Wildman–Crippen LogP) is 2.82. The number of alkyl halides is 2. The number of aryl methyl sites for hydroxylation is 2. The van der Waals surface area contributed by atoms with Crippen LogP contribution in [0.1, 0.15) is 48.9 Å². The molecule has 1 aromatic heterocycles. The number of rotatable bonds is 5. The zero-order valence-electron chi connectivity index (χ0n) is 14.8. The van der Waals surface area contributed by atoms with Crippen molar-refractivity contribution in [1.29, 1.82) is 5.26 Å². The highest BCUT2D eigenvalue weighted by molar-refractivity contribution is 5.76. The average Bonchev–Trinajstić information content (AvgIpc) is 2.66. The first-order valence-corrected chi connectivity index (χ1v) is 9.29. The van der Waals surface area contributed by atoms with E-state index in [2.05, 4.69) is 16.3 Å². The molecule has 1 aliphatic heterocycles. The molecule has 3 rings (SSSR count). The Balaban J connectivity index is 1.60. The number of hydrogen-bond acceptors (Lipinski definition) is 4. The third kappa shape index (κ3) is 4.48. The number of carbonyl (C=O) groups excluding carboxylic acids is 1. The van der Waals surface area contributed by atoms with Crippen molar-refractivity contribution in [3.8, 4) is 6.07 Å². The normalized spacial score (nSPS) is 17.7. The second-order valence-corrected chi connectivity index (χ2v) is 7.11. The van der Waals surface area contributed by atoms with E-state index in [0.29, 0.717) is 5.56 Å². The number of pyridine rings is 1. The summed E-state index contributed by atoms with van der Waals surface area (Å²) in [6, 6.07) is 4.26. The minimum atomic E-state index is -2.51. The highest BCUT2D eigenvalue weighted by atomic mass is 19.3. The van der Waals surface area contributed by atoms with E-state index in [0.717, 1.165) is 63.1 Å². The lowest BCUT2D eigenvalue weighted by atomic mass is 9.92. The lowest BCUT2D eigenvalue weighted by Gasteiger charge is -2.33. The van der Waals surface area contributed by atoms with Crippen LogP contribution in [0.4, 0.5) is 14.6 Å². The third-order valence-corrected chi connectivity index (χ3v) is 5.24. The highest BCUT2D eigenvalue weighted by Gasteiger charge is 2.25. The number of nitrogens with zero attached hydrogens (tertiary/aromatic N) is 3. The van der Waals surface area contributed by atoms with Gasteiger partial charge < -0.3 is 10.2 Å². The topological polar surface area (TPSA) is 69.0 Å². The highest BCUT2D eigenvalue weighted by Crippen LogP contribution is 2.30. The number of fused-ring (bicyclic) bond motifs is 1. The first kappa shape index (κ1) is 18.6. The van der Waals surface area contributed by atoms with Gasteiger partial charge in [-0.1, -0.05) is 0 Å². The van der Waals surface area contributed by atoms with Crippen LogP contribution in [-0.2, 0) is 17.6 Å². The molecule has 7 heteroatoms. The summed E-state index contributed by atoms with van der Waals surface area (Å²) < 4.78 is 24.3. The smallest absolute Gasteiger partial charge is 0.255 e. The molecule has 1 N–H and O–H groups in total. The average molecular weight is 362 g/mol. The van der Waals surface area contributed by atoms with Gasteiger partial charge in [0.05, 0.1) is 12.1 Å². The van der Waals surface area contributed by atoms with Crippen molar-refractivity contribution in [2.45, 2.75) is 51.4 Å². The van der Waals surface area contributed by atoms with Crippen molar-refractivity contribution in [2.75, 3.05) is 24.5 Å². The molecule has 0 unspecified atom stereocenters. The molecule has 2 aliphatic rings. The molecule has 0 aromatic carbocycles. The maximum atomic E-state index is 12.1. The fourth-order valence-corrected chi connectivity index (χ4v) is 3.82. The Labute approximate surface area is 152 Å². The van der Waals surface area contributed by atoms with Crippen LogP contribution >= 0.6 is 0 Å². The van der Waals surface area contributed by atoms with Gasteiger partial charge in [-0.2, -0.15) is 5.26 Å². The van der Waals surface area contributed by atoms with Crippen molar-refractivity contribution >= 4 is 11.7 Å². The van der Waals surface area contributed by atoms with Gasteiger partial charge in [0.2, 0.25) is 5.91 Å². The fourth-order valence-electron chi connectivity index (χ4n) is 3.82. The van der Waals surface area contributed by atoms with E-state index in [1.807, 2.05) is 6.07 Å². The Morgan fingerprint density at radius 1 is 1.35 bits per heavy atom. The summed E-state index contributed by atoms with van der Waals surface area (Å²) in [4.78, 5) is 18.6. The van der Waals surface area contributed by atoms with Crippen molar-refractivity contribution in [3.05, 3.63) is 22.9 Å². The van der Waals surface area contributed by atoms with Crippen LogP contribution in [0, 0.1) is 17.2 Å². The van der Waals surface area contributed by atoms with E-state index in [-0.39, 0.29) is 18.2 Å². The number of carbonyl (C=O) groups is 1. The lowest BCUT2D eigenvalue weighted by molar-refractivity contribution is -0.122. The summed E-state index contributed by atoms with van der Waals surface area (Å²) in [5.41, 5.74) is 2.93. The van der Waals surface area contributed by atoms with Crippen molar-refractivity contribution in [1.82, 2.24) is 10.3 Å². The monoisotopic (exact) mass is 362 g/mol. The van der Waals surface area contributed by atoms with Gasteiger partial charge in [-0.25, -0.2) is 13.8 Å². The van der Waals surface area contributed by atoms with Crippen LogP contribution in [0.3, 0.4) is 0 Å². The summed E-state index contributed by atoms with van der Waals surface area (Å²) >= 11 is 0. The van der Waals surface area contributed by atoms with Crippen LogP contribution in [-0.4, -0.2) is 37.0 Å². The van der Waals surface area contributed by atoms with E-state index in [1.165, 1.54) is 5.56 Å². The number of nitriles is 1. The van der Waals surface area contributed by atoms with Gasteiger partial charge in [0.1, 0.15) is 11.9 Å². The number of anilines is 1. The maximum absolute atomic E-state index is 12.1. The lowest BCUT2D eigenvalue weighted by Crippen LogP contribution is -2.37. The molecule has 1 fully saturated rings. The van der Waals surface area contributed by atoms with Gasteiger partial charge in [0.15, 0.2) is 0 Å². The zero-order valence-corrected chi connectivity index (χ0v) is 14.8. The summed E-state index contributed by atoms with van der Waals surface area (Å²) in [5.74, 6) is 0.634. The summed E-state index contributed by atoms with van der Waals surface area (Å²) in [6.07, 6.45) is 3.61. The van der Waals surface area contributed by atoms with E-state index >= 15 is 0 Å². The number of amides is 1. The largest absolute Gasteiger partial charge is 0.355 e. The van der Waals surface area contributed by atoms with Crippen molar-refractivity contribution in [3.63, 3.8) is 0 Å². The van der Waals surface area contributed by atoms with Crippen LogP contribution in [0.5, 0.6) is 0 Å². The quantitative estimate of drug-likeness (QED) is 0.875. The first-order chi connectivity index (χ1) is 12.6. The van der Waals surface area contributed by atoms with E-state index in [1.54, 1.807) is 0 Å². The Hall–Kier alpha value is -2.23. The molecule has 0 bridgehead atoms. The third-order valence-electron chi connectivity index (χ3n) is 5.24. The van der Waals surface area contributed by atoms with Gasteiger partial charge in [-0.05, 0) is 56.1 Å². The molecule has 2 heterocycles. The van der Waals surface area contributed by atoms with Crippen molar-refractivity contribution in [2.24, 2.45) is 5.92 Å². The molecule has 0 saturated carbocycles. The molecular formula is C19H24F2N4O. The van der Waals surface area contributed by atoms with E-state index < -0.39 is 13.0 Å². The van der Waals surface area contributed by atoms with Crippen molar-refractivity contribution < 1.29 is 13.6 Å². The molecule has 1 aromatic rings. The minimum absolute atomic E-state index is 0.187. The molecular weight excluding hydrogens is 338 g/mol. The molecule has 26 heavy (non-hydrogen) atoms. The number of piperidine rings is 1. The standard InChI is InChI=1S/C19H24F2N4O/c20-17(21)12-23-18(26)9-13-5-7-25(8-6-13)19-15(11-22)10-14-3-1-2-4-16(14)24-19/h10,13,17H,1-9,12H2,(H,23,26). The summed E-state index contributed by atoms with van der Waals surface area (Å²) in [6.45, 7) is 0.878. The second kappa shape index (κ2) is 8.43. The number of aromatic nitrogens is 1. The van der Waals surface area contributed by atoms with Crippen LogP contribution in [0.2, 0.25) is 0 Å². The van der Waals surface area contributed by atoms with E-state index in [4.69, 9.17) is 4.98 Å². The van der Waals surface area contributed by atoms with Crippen LogP contribution in [0.15, 0.2) is 6.07 Å². The number of nitrogens with one attached hydrogen (secondary N) is 1. The predicted molar refractivity (Wildman–Crippen MR) is 94.2 cm³/mol. The number of hydrogen-bond donors (Lipinski definition) is 1. The van der Waals surface area contributed by atoms with Gasteiger partial charge in [-0.15, -0.1) is 0 Å². The second-order valence-electron chi connectivity index (χ2n) is 7.11. The first-order valence-electron chi connectivity index (χ1n) is 9.29. The fraction of sp³-hybridized carbons (Fsp3) is 0.632. The van der Waals surface area contributed by atoms with E-state index in [9.17, 15) is 18.8 Å². The maximum Gasteiger partial charge on any atom is 0.255 e. The zero-order chi connectivity index (χ0) is 18.5. The Morgan fingerprint density at radius 3 is 2.77 bits per heavy atom. The molecule has 1 amide bonds. The Bertz CT molecular complexity index is 694. The molecule has 5 nitrogen and oxygen atoms in total. The molecule has 0 atom stereocenters. The SMILES string of the molecule is N#Cc1cc2c(nc1N1CCC(CC(=O)NCC(F)F)CC1)CCCC2. The molecule has 0 radical (unpaired) electrons. The van der Waals surface area contributed by atoms with Gasteiger partial charge >= 0.3 is 0 Å². The molecule has 0 spiro atoms. The molecule has 1 saturated heterocycles. The van der Waals surface area contributed by atoms with Gasteiger partial charge in [-0.3, -0.25) is 4.79 Å². The summed E-state index contributed by atoms with van der Waals surface area (Å²) in [7, 11) is 0. The van der Waals surface area contributed by atoms with Crippen LogP contribution < -0.4 is 10.2 Å². The Morgan fingerprint density at radius 2 is 2.08 bits per heavy atom. The summed E-state index contributed by atoms with van der Waals surface area (Å²) in [5, 5.41) is 11.8. The number of halogens is 2.